The molecule has 0 bridgehead atoms. The number of carbonyl (C=O) groups is 1. The summed E-state index contributed by atoms with van der Waals surface area (Å²) in [5.74, 6) is -0.255. The van der Waals surface area contributed by atoms with Gasteiger partial charge in [0.05, 0.1) is 11.6 Å². The van der Waals surface area contributed by atoms with E-state index >= 15 is 0 Å². The van der Waals surface area contributed by atoms with E-state index in [1.165, 1.54) is 0 Å². The van der Waals surface area contributed by atoms with Crippen LogP contribution in [0.25, 0.3) is 0 Å². The molecule has 1 aromatic carbocycles. The molecule has 17 heavy (non-hydrogen) atoms. The van der Waals surface area contributed by atoms with Crippen molar-refractivity contribution in [3.63, 3.8) is 0 Å². The van der Waals surface area contributed by atoms with Crippen LogP contribution in [0.4, 0.5) is 0 Å². The quantitative estimate of drug-likeness (QED) is 0.512. The monoisotopic (exact) mass is 270 g/mol. The number of nitrogens with zero attached hydrogens (tertiary/aromatic N) is 1. The first-order chi connectivity index (χ1) is 7.96. The largest absolute Gasteiger partial charge is 0.272 e. The number of hydrogen-bond donors (Lipinski definition) is 1. The summed E-state index contributed by atoms with van der Waals surface area (Å²) in [6, 6.07) is 9.49. The molecule has 1 aliphatic carbocycles. The number of nitrogens with one attached hydrogen (secondary N) is 1. The van der Waals surface area contributed by atoms with Crippen molar-refractivity contribution in [2.75, 3.05) is 0 Å². The molecule has 1 atom stereocenters. The summed E-state index contributed by atoms with van der Waals surface area (Å²) < 4.78 is -0.959. The molecule has 0 saturated heterocycles. The topological polar surface area (TPSA) is 41.5 Å². The van der Waals surface area contributed by atoms with E-state index in [2.05, 4.69) is 10.5 Å². The minimum Gasteiger partial charge on any atom is -0.272 e. The highest BCUT2D eigenvalue weighted by Crippen LogP contribution is 2.63. The lowest BCUT2D eigenvalue weighted by Gasteiger charge is -2.08. The molecule has 1 N–H and O–H groups in total. The zero-order chi connectivity index (χ0) is 12.5. The van der Waals surface area contributed by atoms with E-state index < -0.39 is 9.75 Å². The molecule has 3 nitrogen and oxygen atoms in total. The number of benzene rings is 1. The number of hydrazone groups is 1. The molecular weight excluding hydrogens is 259 g/mol. The van der Waals surface area contributed by atoms with Gasteiger partial charge in [0, 0.05) is 0 Å². The third-order valence-corrected chi connectivity index (χ3v) is 4.04. The van der Waals surface area contributed by atoms with Gasteiger partial charge in [0.1, 0.15) is 4.33 Å². The second-order valence-corrected chi connectivity index (χ2v) is 5.81. The van der Waals surface area contributed by atoms with Gasteiger partial charge in [-0.15, -0.1) is 23.2 Å². The fourth-order valence-electron chi connectivity index (χ4n) is 1.47. The highest BCUT2D eigenvalue weighted by atomic mass is 35.5. The number of hydrogen-bond acceptors (Lipinski definition) is 2. The van der Waals surface area contributed by atoms with E-state index in [1.807, 2.05) is 30.3 Å². The molecule has 0 aliphatic heterocycles. The van der Waals surface area contributed by atoms with E-state index in [0.29, 0.717) is 6.42 Å². The highest BCUT2D eigenvalue weighted by Gasteiger charge is 2.68. The highest BCUT2D eigenvalue weighted by molar-refractivity contribution is 6.53. The van der Waals surface area contributed by atoms with Crippen LogP contribution >= 0.6 is 23.2 Å². The molecule has 1 saturated carbocycles. The minimum atomic E-state index is -0.959. The molecule has 5 heteroatoms. The van der Waals surface area contributed by atoms with Crippen molar-refractivity contribution < 1.29 is 4.79 Å². The molecule has 0 heterocycles. The van der Waals surface area contributed by atoms with Gasteiger partial charge < -0.3 is 0 Å². The zero-order valence-electron chi connectivity index (χ0n) is 9.28. The fraction of sp³-hybridized carbons (Fsp3) is 0.333. The standard InChI is InChI=1S/C12H12Cl2N2O/c1-11(8-12(11,13)14)10(17)16-15-7-9-5-3-2-4-6-9/h2-7H,8H2,1H3,(H,16,17)/b15-7-/t11-/m0/s1. The number of carbonyl (C=O) groups excluding carboxylic acids is 1. The average Bonchev–Trinajstić information content (AvgIpc) is 2.81. The van der Waals surface area contributed by atoms with Crippen LogP contribution in [0.5, 0.6) is 0 Å². The molecule has 0 aromatic heterocycles. The molecule has 1 fully saturated rings. The van der Waals surface area contributed by atoms with E-state index in [1.54, 1.807) is 13.1 Å². The van der Waals surface area contributed by atoms with Crippen molar-refractivity contribution in [3.05, 3.63) is 35.9 Å². The second-order valence-electron chi connectivity index (χ2n) is 4.32. The zero-order valence-corrected chi connectivity index (χ0v) is 10.8. The van der Waals surface area contributed by atoms with Gasteiger partial charge in [0.15, 0.2) is 0 Å². The first-order valence-electron chi connectivity index (χ1n) is 5.22. The second kappa shape index (κ2) is 4.31. The number of halogens is 2. The molecule has 0 unspecified atom stereocenters. The predicted molar refractivity (Wildman–Crippen MR) is 69.3 cm³/mol. The first kappa shape index (κ1) is 12.4. The Labute approximate surface area is 110 Å². The van der Waals surface area contributed by atoms with Crippen molar-refractivity contribution in [3.8, 4) is 0 Å². The molecule has 0 radical (unpaired) electrons. The summed E-state index contributed by atoms with van der Waals surface area (Å²) in [6.45, 7) is 1.72. The van der Waals surface area contributed by atoms with Gasteiger partial charge in [-0.25, -0.2) is 5.43 Å². The lowest BCUT2D eigenvalue weighted by molar-refractivity contribution is -0.125. The van der Waals surface area contributed by atoms with Gasteiger partial charge >= 0.3 is 0 Å². The predicted octanol–water partition coefficient (Wildman–Crippen LogP) is 2.72. The lowest BCUT2D eigenvalue weighted by Crippen LogP contribution is -2.29. The summed E-state index contributed by atoms with van der Waals surface area (Å²) in [4.78, 5) is 11.7. The number of rotatable bonds is 3. The van der Waals surface area contributed by atoms with Crippen LogP contribution in [-0.4, -0.2) is 16.5 Å². The van der Waals surface area contributed by atoms with Gasteiger partial charge in [-0.05, 0) is 18.9 Å². The normalized spacial score (nSPS) is 25.8. The summed E-state index contributed by atoms with van der Waals surface area (Å²) in [5.41, 5.74) is 2.63. The summed E-state index contributed by atoms with van der Waals surface area (Å²) >= 11 is 11.8. The minimum absolute atomic E-state index is 0.255. The van der Waals surface area contributed by atoms with Gasteiger partial charge in [-0.2, -0.15) is 5.10 Å². The van der Waals surface area contributed by atoms with Gasteiger partial charge in [0.2, 0.25) is 5.91 Å². The van der Waals surface area contributed by atoms with Gasteiger partial charge in [-0.1, -0.05) is 30.3 Å². The van der Waals surface area contributed by atoms with Crippen LogP contribution in [0.15, 0.2) is 35.4 Å². The van der Waals surface area contributed by atoms with Crippen molar-refractivity contribution in [1.82, 2.24) is 5.43 Å². The van der Waals surface area contributed by atoms with Gasteiger partial charge in [-0.3, -0.25) is 4.79 Å². The van der Waals surface area contributed by atoms with Crippen molar-refractivity contribution in [2.24, 2.45) is 10.5 Å². The summed E-state index contributed by atoms with van der Waals surface area (Å²) in [6.07, 6.45) is 2.03. The van der Waals surface area contributed by atoms with Crippen LogP contribution in [0, 0.1) is 5.41 Å². The molecule has 0 spiro atoms. The Morgan fingerprint density at radius 1 is 1.41 bits per heavy atom. The molecule has 1 aromatic rings. The fourth-order valence-corrected chi connectivity index (χ4v) is 2.18. The lowest BCUT2D eigenvalue weighted by atomic mass is 10.1. The van der Waals surface area contributed by atoms with Crippen LogP contribution in [0.1, 0.15) is 18.9 Å². The van der Waals surface area contributed by atoms with Crippen molar-refractivity contribution in [1.29, 1.82) is 0 Å². The van der Waals surface area contributed by atoms with E-state index in [0.717, 1.165) is 5.56 Å². The van der Waals surface area contributed by atoms with Crippen LogP contribution < -0.4 is 5.43 Å². The Kier molecular flexibility index (Phi) is 3.15. The van der Waals surface area contributed by atoms with Crippen molar-refractivity contribution >= 4 is 35.3 Å². The van der Waals surface area contributed by atoms with E-state index in [9.17, 15) is 4.79 Å². The third kappa shape index (κ3) is 2.45. The Morgan fingerprint density at radius 3 is 2.53 bits per heavy atom. The van der Waals surface area contributed by atoms with Crippen molar-refractivity contribution in [2.45, 2.75) is 17.7 Å². The van der Waals surface area contributed by atoms with E-state index in [-0.39, 0.29) is 5.91 Å². The van der Waals surface area contributed by atoms with E-state index in [4.69, 9.17) is 23.2 Å². The first-order valence-corrected chi connectivity index (χ1v) is 5.98. The Hall–Kier alpha value is -1.06. The molecule has 1 amide bonds. The maximum absolute atomic E-state index is 11.7. The average molecular weight is 271 g/mol. The van der Waals surface area contributed by atoms with Gasteiger partial charge in [0.25, 0.3) is 0 Å². The van der Waals surface area contributed by atoms with Crippen LogP contribution in [0.2, 0.25) is 0 Å². The smallest absolute Gasteiger partial charge is 0.249 e. The third-order valence-electron chi connectivity index (χ3n) is 2.94. The molecular formula is C12H12Cl2N2O. The number of amides is 1. The molecule has 2 rings (SSSR count). The maximum atomic E-state index is 11.7. The summed E-state index contributed by atoms with van der Waals surface area (Å²) in [7, 11) is 0. The SMILES string of the molecule is C[C@@]1(C(=O)N/N=C\c2ccccc2)CC1(Cl)Cl. The Morgan fingerprint density at radius 2 is 2.00 bits per heavy atom. The van der Waals surface area contributed by atoms with Crippen LogP contribution in [-0.2, 0) is 4.79 Å². The number of alkyl halides is 2. The Bertz CT molecular complexity index is 459. The summed E-state index contributed by atoms with van der Waals surface area (Å²) in [5, 5.41) is 3.87. The maximum Gasteiger partial charge on any atom is 0.249 e. The molecule has 1 aliphatic rings. The molecule has 90 valence electrons. The Balaban J connectivity index is 1.92. The van der Waals surface area contributed by atoms with Crippen LogP contribution in [0.3, 0.4) is 0 Å².